The van der Waals surface area contributed by atoms with Crippen LogP contribution in [-0.4, -0.2) is 67.9 Å². The molecule has 0 aromatic heterocycles. The van der Waals surface area contributed by atoms with Gasteiger partial charge in [0.25, 0.3) is 24.7 Å². The van der Waals surface area contributed by atoms with Crippen LogP contribution < -0.4 is 16.0 Å². The van der Waals surface area contributed by atoms with Gasteiger partial charge in [0, 0.05) is 24.3 Å². The first-order valence-corrected chi connectivity index (χ1v) is 10.1. The fourth-order valence-electron chi connectivity index (χ4n) is 3.61. The van der Waals surface area contributed by atoms with Crippen molar-refractivity contribution in [2.45, 2.75) is 31.7 Å². The number of ether oxygens (including phenoxy) is 1. The van der Waals surface area contributed by atoms with E-state index in [1.807, 2.05) is 0 Å². The quantitative estimate of drug-likeness (QED) is 0.409. The lowest BCUT2D eigenvalue weighted by Crippen LogP contribution is -2.54. The molecule has 32 heavy (non-hydrogen) atoms. The number of morpholine rings is 1. The fraction of sp³-hybridized carbons (Fsp3) is 0.550. The van der Waals surface area contributed by atoms with E-state index in [0.29, 0.717) is 0 Å². The van der Waals surface area contributed by atoms with Crippen molar-refractivity contribution in [3.05, 3.63) is 23.8 Å². The van der Waals surface area contributed by atoms with Gasteiger partial charge in [0.15, 0.2) is 6.04 Å². The lowest BCUT2D eigenvalue weighted by molar-refractivity contribution is -0.133. The Morgan fingerprint density at radius 1 is 1.25 bits per heavy atom. The van der Waals surface area contributed by atoms with Crippen molar-refractivity contribution in [2.24, 2.45) is 11.7 Å². The first kappa shape index (κ1) is 23.9. The number of nitrogens with zero attached hydrogens (tertiary/aromatic N) is 2. The van der Waals surface area contributed by atoms with E-state index in [-0.39, 0.29) is 43.6 Å². The number of carbonyl (C=O) groups excluding carboxylic acids is 3. The molecule has 1 heterocycles. The summed E-state index contributed by atoms with van der Waals surface area (Å²) in [6, 6.07) is 1.84. The van der Waals surface area contributed by atoms with Crippen LogP contribution in [0.15, 0.2) is 18.2 Å². The van der Waals surface area contributed by atoms with Gasteiger partial charge in [-0.05, 0) is 37.0 Å². The summed E-state index contributed by atoms with van der Waals surface area (Å²) >= 11 is 0. The molecule has 1 aromatic rings. The first-order valence-electron chi connectivity index (χ1n) is 10.1. The number of primary amides is 1. The van der Waals surface area contributed by atoms with Crippen molar-refractivity contribution in [3.8, 4) is 0 Å². The minimum Gasteiger partial charge on any atom is -0.370 e. The minimum atomic E-state index is -2.96. The van der Waals surface area contributed by atoms with Crippen molar-refractivity contribution < 1.29 is 36.7 Å². The van der Waals surface area contributed by atoms with Gasteiger partial charge in [-0.25, -0.2) is 17.6 Å². The molecule has 1 saturated heterocycles. The number of halogens is 4. The van der Waals surface area contributed by atoms with E-state index in [1.54, 1.807) is 0 Å². The van der Waals surface area contributed by atoms with Crippen molar-refractivity contribution in [1.29, 1.82) is 0 Å². The van der Waals surface area contributed by atoms with E-state index in [4.69, 9.17) is 10.5 Å². The molecule has 1 aromatic carbocycles. The monoisotopic (exact) mass is 460 g/mol. The van der Waals surface area contributed by atoms with Crippen LogP contribution in [0.4, 0.5) is 28.9 Å². The second kappa shape index (κ2) is 10.3. The molecule has 3 N–H and O–H groups in total. The van der Waals surface area contributed by atoms with Gasteiger partial charge in [0.2, 0.25) is 5.91 Å². The largest absolute Gasteiger partial charge is 0.370 e. The molecule has 1 aliphatic heterocycles. The number of nitrogens with one attached hydrogen (secondary N) is 1. The van der Waals surface area contributed by atoms with Crippen molar-refractivity contribution >= 4 is 29.1 Å². The van der Waals surface area contributed by atoms with Gasteiger partial charge in [-0.1, -0.05) is 0 Å². The van der Waals surface area contributed by atoms with E-state index in [0.717, 1.165) is 23.8 Å². The molecule has 1 aliphatic carbocycles. The molecule has 8 nitrogen and oxygen atoms in total. The van der Waals surface area contributed by atoms with Crippen LogP contribution >= 0.6 is 0 Å². The molecule has 2 fully saturated rings. The number of carbonyl (C=O) groups is 3. The number of benzene rings is 1. The zero-order valence-electron chi connectivity index (χ0n) is 17.1. The fourth-order valence-corrected chi connectivity index (χ4v) is 3.61. The second-order valence-electron chi connectivity index (χ2n) is 7.75. The molecule has 0 spiro atoms. The maximum Gasteiger partial charge on any atom is 0.265 e. The second-order valence-corrected chi connectivity index (χ2v) is 7.75. The maximum atomic E-state index is 13.7. The Labute approximate surface area is 181 Å². The lowest BCUT2D eigenvalue weighted by atomic mass is 10.1. The predicted molar refractivity (Wildman–Crippen MR) is 106 cm³/mol. The van der Waals surface area contributed by atoms with E-state index in [9.17, 15) is 31.9 Å². The van der Waals surface area contributed by atoms with Crippen LogP contribution in [0.25, 0.3) is 0 Å². The summed E-state index contributed by atoms with van der Waals surface area (Å²) in [7, 11) is 0. The SMILES string of the molecule is NC(=O)[C@@H](C(=O)Nc1ccc(N2CCOCC2=O)c(C(F)F)c1)N(CC(F)F)CC1CC1. The molecule has 2 aliphatic rings. The lowest BCUT2D eigenvalue weighted by Gasteiger charge is -2.29. The highest BCUT2D eigenvalue weighted by atomic mass is 19.3. The van der Waals surface area contributed by atoms with Crippen molar-refractivity contribution in [1.82, 2.24) is 4.90 Å². The Morgan fingerprint density at radius 2 is 1.97 bits per heavy atom. The summed E-state index contributed by atoms with van der Waals surface area (Å²) in [5, 5.41) is 2.32. The van der Waals surface area contributed by atoms with Crippen LogP contribution in [-0.2, 0) is 19.1 Å². The highest BCUT2D eigenvalue weighted by Gasteiger charge is 2.37. The molecular weight excluding hydrogens is 436 g/mol. The molecule has 12 heteroatoms. The third-order valence-corrected chi connectivity index (χ3v) is 5.25. The number of anilines is 2. The Kier molecular flexibility index (Phi) is 7.67. The van der Waals surface area contributed by atoms with Crippen LogP contribution in [0, 0.1) is 5.92 Å². The van der Waals surface area contributed by atoms with Crippen LogP contribution in [0.1, 0.15) is 24.8 Å². The minimum absolute atomic E-state index is 0.0224. The Morgan fingerprint density at radius 3 is 2.53 bits per heavy atom. The number of hydrogen-bond acceptors (Lipinski definition) is 5. The zero-order chi connectivity index (χ0) is 23.4. The van der Waals surface area contributed by atoms with Gasteiger partial charge in [-0.2, -0.15) is 0 Å². The molecule has 3 amide bonds. The highest BCUT2D eigenvalue weighted by Crippen LogP contribution is 2.34. The molecule has 176 valence electrons. The van der Waals surface area contributed by atoms with Gasteiger partial charge < -0.3 is 20.7 Å². The number of nitrogens with two attached hydrogens (primary N) is 1. The van der Waals surface area contributed by atoms with Crippen LogP contribution in [0.3, 0.4) is 0 Å². The van der Waals surface area contributed by atoms with E-state index >= 15 is 0 Å². The van der Waals surface area contributed by atoms with Crippen molar-refractivity contribution in [2.75, 3.05) is 43.1 Å². The van der Waals surface area contributed by atoms with Gasteiger partial charge in [0.05, 0.1) is 18.8 Å². The molecular formula is C20H24F4N4O4. The molecule has 1 atom stereocenters. The first-order chi connectivity index (χ1) is 15.2. The third-order valence-electron chi connectivity index (χ3n) is 5.25. The summed E-state index contributed by atoms with van der Waals surface area (Å²) in [6.07, 6.45) is -4.16. The number of amides is 3. The molecule has 0 unspecified atom stereocenters. The normalized spacial score (nSPS) is 17.8. The summed E-state index contributed by atoms with van der Waals surface area (Å²) in [4.78, 5) is 38.9. The van der Waals surface area contributed by atoms with Crippen LogP contribution in [0.2, 0.25) is 0 Å². The Bertz CT molecular complexity index is 862. The average molecular weight is 460 g/mol. The topological polar surface area (TPSA) is 105 Å². The molecule has 0 radical (unpaired) electrons. The van der Waals surface area contributed by atoms with Gasteiger partial charge >= 0.3 is 0 Å². The van der Waals surface area contributed by atoms with E-state index in [1.165, 1.54) is 17.0 Å². The van der Waals surface area contributed by atoms with E-state index in [2.05, 4.69) is 5.32 Å². The Hall–Kier alpha value is -2.73. The Balaban J connectivity index is 1.82. The van der Waals surface area contributed by atoms with E-state index < -0.39 is 48.7 Å². The highest BCUT2D eigenvalue weighted by molar-refractivity contribution is 6.09. The van der Waals surface area contributed by atoms with Crippen LogP contribution in [0.5, 0.6) is 0 Å². The average Bonchev–Trinajstić information content (AvgIpc) is 3.51. The molecule has 0 bridgehead atoms. The van der Waals surface area contributed by atoms with Gasteiger partial charge in [-0.15, -0.1) is 0 Å². The summed E-state index contributed by atoms with van der Waals surface area (Å²) in [5.74, 6) is -2.49. The smallest absolute Gasteiger partial charge is 0.265 e. The number of hydrogen-bond donors (Lipinski definition) is 2. The molecule has 3 rings (SSSR count). The van der Waals surface area contributed by atoms with Gasteiger partial charge in [0.1, 0.15) is 6.61 Å². The summed E-state index contributed by atoms with van der Waals surface area (Å²) in [5.41, 5.74) is 4.71. The maximum absolute atomic E-state index is 13.7. The van der Waals surface area contributed by atoms with Gasteiger partial charge in [-0.3, -0.25) is 19.3 Å². The summed E-state index contributed by atoms with van der Waals surface area (Å²) in [6.45, 7) is -0.669. The predicted octanol–water partition coefficient (Wildman–Crippen LogP) is 1.76. The van der Waals surface area contributed by atoms with Crippen molar-refractivity contribution in [3.63, 3.8) is 0 Å². The number of rotatable bonds is 10. The standard InChI is InChI=1S/C20H24F4N4O4/c21-15(22)9-27(8-11-1-2-11)17(19(25)30)20(31)26-12-3-4-14(13(7-12)18(23)24)28-5-6-32-10-16(28)29/h3-4,7,11,15,17-18H,1-2,5-6,8-10H2,(H2,25,30)(H,26,31)/t17-/m0/s1. The zero-order valence-corrected chi connectivity index (χ0v) is 17.1. The summed E-state index contributed by atoms with van der Waals surface area (Å²) < 4.78 is 58.4. The number of alkyl halides is 4. The third kappa shape index (κ3) is 5.94. The molecule has 1 saturated carbocycles.